The molecule has 34 heavy (non-hydrogen) atoms. The molecule has 0 aliphatic heterocycles. The fourth-order valence-electron chi connectivity index (χ4n) is 2.89. The van der Waals surface area contributed by atoms with E-state index >= 15 is 0 Å². The summed E-state index contributed by atoms with van der Waals surface area (Å²) in [6.45, 7) is 0.247. The van der Waals surface area contributed by atoms with Crippen molar-refractivity contribution in [3.05, 3.63) is 52.7 Å². The second kappa shape index (κ2) is 9.70. The number of benzene rings is 1. The summed E-state index contributed by atoms with van der Waals surface area (Å²) < 4.78 is 80.7. The summed E-state index contributed by atoms with van der Waals surface area (Å²) in [4.78, 5) is 16.3. The Bertz CT molecular complexity index is 1180. The van der Waals surface area contributed by atoms with Crippen LogP contribution in [0, 0.1) is 5.41 Å². The van der Waals surface area contributed by atoms with Crippen molar-refractivity contribution in [1.29, 1.82) is 5.41 Å². The van der Waals surface area contributed by atoms with Crippen molar-refractivity contribution < 1.29 is 31.1 Å². The standard InChI is InChI=1S/C19H17F6N7OS/c20-18(21,22)11-4-1-3-10(7-11)13-9-34-17(31-13)32-14(19(23,24)25)12(8-30-32)15(33)28-5-2-6-29-16(26)27/h1,3-4,7-9H,2,5-6H2,(H,28,33)(H4,26,27,29). The molecule has 0 fully saturated rings. The first-order chi connectivity index (χ1) is 15.9. The highest BCUT2D eigenvalue weighted by Gasteiger charge is 2.41. The maximum absolute atomic E-state index is 13.8. The van der Waals surface area contributed by atoms with Gasteiger partial charge >= 0.3 is 12.4 Å². The minimum absolute atomic E-state index is 0.0124. The van der Waals surface area contributed by atoms with Crippen LogP contribution in [-0.2, 0) is 12.4 Å². The van der Waals surface area contributed by atoms with Gasteiger partial charge in [-0.05, 0) is 18.6 Å². The Kier molecular flexibility index (Phi) is 7.14. The molecule has 182 valence electrons. The Hall–Kier alpha value is -3.62. The highest BCUT2D eigenvalue weighted by atomic mass is 32.1. The van der Waals surface area contributed by atoms with Crippen LogP contribution in [0.2, 0.25) is 0 Å². The van der Waals surface area contributed by atoms with E-state index in [2.05, 4.69) is 20.7 Å². The van der Waals surface area contributed by atoms with Gasteiger partial charge in [-0.1, -0.05) is 12.1 Å². The van der Waals surface area contributed by atoms with E-state index < -0.39 is 35.1 Å². The van der Waals surface area contributed by atoms with Crippen molar-refractivity contribution in [2.24, 2.45) is 5.73 Å². The van der Waals surface area contributed by atoms with Crippen LogP contribution >= 0.6 is 11.3 Å². The SMILES string of the molecule is N=C(N)NCCCNC(=O)c1cnn(-c2nc(-c3cccc(C(F)(F)F)c3)cs2)c1C(F)(F)F. The molecular formula is C19H17F6N7OS. The van der Waals surface area contributed by atoms with Crippen molar-refractivity contribution in [3.8, 4) is 16.4 Å². The summed E-state index contributed by atoms with van der Waals surface area (Å²) in [6.07, 6.45) is -8.52. The highest BCUT2D eigenvalue weighted by Crippen LogP contribution is 2.36. The van der Waals surface area contributed by atoms with Gasteiger partial charge in [0.1, 0.15) is 0 Å². The number of thiazole rings is 1. The van der Waals surface area contributed by atoms with Gasteiger partial charge < -0.3 is 16.4 Å². The van der Waals surface area contributed by atoms with E-state index in [1.54, 1.807) is 0 Å². The second-order valence-electron chi connectivity index (χ2n) is 6.86. The Morgan fingerprint density at radius 2 is 1.82 bits per heavy atom. The monoisotopic (exact) mass is 505 g/mol. The summed E-state index contributed by atoms with van der Waals surface area (Å²) in [5.74, 6) is -1.30. The molecule has 0 spiro atoms. The normalized spacial score (nSPS) is 11.9. The third-order valence-electron chi connectivity index (χ3n) is 4.40. The predicted molar refractivity (Wildman–Crippen MR) is 112 cm³/mol. The number of amides is 1. The summed E-state index contributed by atoms with van der Waals surface area (Å²) in [5.41, 5.74) is 2.18. The van der Waals surface area contributed by atoms with Gasteiger partial charge in [-0.15, -0.1) is 11.3 Å². The smallest absolute Gasteiger partial charge is 0.370 e. The lowest BCUT2D eigenvalue weighted by Crippen LogP contribution is -2.33. The number of nitrogens with one attached hydrogen (secondary N) is 3. The Labute approximate surface area is 192 Å². The second-order valence-corrected chi connectivity index (χ2v) is 7.70. The van der Waals surface area contributed by atoms with Gasteiger partial charge in [-0.2, -0.15) is 31.4 Å². The summed E-state index contributed by atoms with van der Waals surface area (Å²) >= 11 is 0.730. The highest BCUT2D eigenvalue weighted by molar-refractivity contribution is 7.12. The number of halogens is 6. The van der Waals surface area contributed by atoms with Crippen molar-refractivity contribution in [3.63, 3.8) is 0 Å². The van der Waals surface area contributed by atoms with E-state index in [0.717, 1.165) is 29.7 Å². The zero-order chi connectivity index (χ0) is 25.1. The van der Waals surface area contributed by atoms with Gasteiger partial charge in [0.2, 0.25) is 5.13 Å². The molecular weight excluding hydrogens is 488 g/mol. The largest absolute Gasteiger partial charge is 0.434 e. The number of hydrogen-bond donors (Lipinski definition) is 4. The van der Waals surface area contributed by atoms with Crippen molar-refractivity contribution in [1.82, 2.24) is 25.4 Å². The number of carbonyl (C=O) groups is 1. The van der Waals surface area contributed by atoms with E-state index in [0.29, 0.717) is 11.1 Å². The lowest BCUT2D eigenvalue weighted by atomic mass is 10.1. The van der Waals surface area contributed by atoms with Crippen LogP contribution < -0.4 is 16.4 Å². The lowest BCUT2D eigenvalue weighted by molar-refractivity contribution is -0.143. The minimum Gasteiger partial charge on any atom is -0.370 e. The fourth-order valence-corrected chi connectivity index (χ4v) is 3.69. The molecule has 2 heterocycles. The number of guanidine groups is 1. The predicted octanol–water partition coefficient (Wildman–Crippen LogP) is 3.64. The minimum atomic E-state index is -4.97. The molecule has 15 heteroatoms. The average molecular weight is 505 g/mol. The van der Waals surface area contributed by atoms with Crippen LogP contribution in [0.15, 0.2) is 35.8 Å². The molecule has 3 aromatic rings. The molecule has 0 aliphatic carbocycles. The third kappa shape index (κ3) is 5.84. The maximum Gasteiger partial charge on any atom is 0.434 e. The Morgan fingerprint density at radius 1 is 1.12 bits per heavy atom. The molecule has 3 rings (SSSR count). The van der Waals surface area contributed by atoms with E-state index in [-0.39, 0.29) is 35.4 Å². The number of nitrogens with two attached hydrogens (primary N) is 1. The molecule has 0 unspecified atom stereocenters. The molecule has 0 atom stereocenters. The number of rotatable bonds is 7. The van der Waals surface area contributed by atoms with E-state index in [4.69, 9.17) is 11.1 Å². The topological polar surface area (TPSA) is 122 Å². The van der Waals surface area contributed by atoms with Crippen LogP contribution in [0.3, 0.4) is 0 Å². The lowest BCUT2D eigenvalue weighted by Gasteiger charge is -2.11. The number of hydrogen-bond acceptors (Lipinski definition) is 5. The quantitative estimate of drug-likeness (QED) is 0.169. The summed E-state index contributed by atoms with van der Waals surface area (Å²) in [7, 11) is 0. The van der Waals surface area contributed by atoms with Crippen LogP contribution in [0.25, 0.3) is 16.4 Å². The van der Waals surface area contributed by atoms with E-state index in [1.165, 1.54) is 17.5 Å². The maximum atomic E-state index is 13.8. The van der Waals surface area contributed by atoms with E-state index in [9.17, 15) is 31.1 Å². The molecule has 0 bridgehead atoms. The van der Waals surface area contributed by atoms with Crippen LogP contribution in [0.4, 0.5) is 26.3 Å². The molecule has 1 amide bonds. The summed E-state index contributed by atoms with van der Waals surface area (Å²) in [6, 6.07) is 4.22. The molecule has 2 aromatic heterocycles. The first kappa shape index (κ1) is 25.0. The third-order valence-corrected chi connectivity index (χ3v) is 5.21. The number of alkyl halides is 6. The number of nitrogens with zero attached hydrogens (tertiary/aromatic N) is 3. The van der Waals surface area contributed by atoms with Crippen LogP contribution in [0.5, 0.6) is 0 Å². The average Bonchev–Trinajstić information content (AvgIpc) is 3.39. The molecule has 5 N–H and O–H groups in total. The van der Waals surface area contributed by atoms with Gasteiger partial charge in [-0.3, -0.25) is 10.2 Å². The molecule has 0 saturated carbocycles. The first-order valence-electron chi connectivity index (χ1n) is 9.52. The van der Waals surface area contributed by atoms with Gasteiger partial charge in [0.15, 0.2) is 11.7 Å². The Balaban J connectivity index is 1.86. The van der Waals surface area contributed by atoms with Crippen LogP contribution in [0.1, 0.15) is 28.0 Å². The first-order valence-corrected chi connectivity index (χ1v) is 10.4. The zero-order valence-corrected chi connectivity index (χ0v) is 17.9. The fraction of sp³-hybridized carbons (Fsp3) is 0.263. The number of aromatic nitrogens is 3. The van der Waals surface area contributed by atoms with Gasteiger partial charge in [0, 0.05) is 24.0 Å². The molecule has 0 radical (unpaired) electrons. The van der Waals surface area contributed by atoms with Gasteiger partial charge in [-0.25, -0.2) is 9.67 Å². The van der Waals surface area contributed by atoms with Crippen molar-refractivity contribution >= 4 is 23.2 Å². The molecule has 1 aromatic carbocycles. The van der Waals surface area contributed by atoms with Crippen molar-refractivity contribution in [2.75, 3.05) is 13.1 Å². The zero-order valence-electron chi connectivity index (χ0n) is 17.1. The molecule has 0 aliphatic rings. The summed E-state index contributed by atoms with van der Waals surface area (Å²) in [5, 5.41) is 16.5. The molecule has 0 saturated heterocycles. The van der Waals surface area contributed by atoms with E-state index in [1.807, 2.05) is 0 Å². The molecule has 8 nitrogen and oxygen atoms in total. The number of carbonyl (C=O) groups excluding carboxylic acids is 1. The van der Waals surface area contributed by atoms with Gasteiger partial charge in [0.05, 0.1) is 23.0 Å². The van der Waals surface area contributed by atoms with Crippen LogP contribution in [-0.4, -0.2) is 39.7 Å². The Morgan fingerprint density at radius 3 is 2.47 bits per heavy atom. The van der Waals surface area contributed by atoms with Crippen molar-refractivity contribution in [2.45, 2.75) is 18.8 Å². The van der Waals surface area contributed by atoms with Gasteiger partial charge in [0.25, 0.3) is 5.91 Å².